The molecule has 0 aliphatic rings. The van der Waals surface area contributed by atoms with Crippen molar-refractivity contribution in [1.82, 2.24) is 0 Å². The predicted octanol–water partition coefficient (Wildman–Crippen LogP) is 2.24. The minimum atomic E-state index is -0.253. The van der Waals surface area contributed by atoms with Gasteiger partial charge in [-0.15, -0.1) is 0 Å². The number of ether oxygens (including phenoxy) is 1. The van der Waals surface area contributed by atoms with Crippen LogP contribution in [0.25, 0.3) is 0 Å². The second-order valence-electron chi connectivity index (χ2n) is 4.64. The summed E-state index contributed by atoms with van der Waals surface area (Å²) in [5.74, 6) is 0.282. The van der Waals surface area contributed by atoms with Gasteiger partial charge in [-0.3, -0.25) is 4.79 Å². The number of esters is 1. The van der Waals surface area contributed by atoms with Crippen LogP contribution in [0, 0.1) is 0 Å². The Morgan fingerprint density at radius 1 is 1.29 bits per heavy atom. The van der Waals surface area contributed by atoms with Gasteiger partial charge in [-0.05, 0) is 23.5 Å². The van der Waals surface area contributed by atoms with Crippen molar-refractivity contribution in [1.29, 1.82) is 0 Å². The summed E-state index contributed by atoms with van der Waals surface area (Å²) >= 11 is 0. The molecule has 1 aromatic carbocycles. The first kappa shape index (κ1) is 13.7. The van der Waals surface area contributed by atoms with E-state index in [9.17, 15) is 4.79 Å². The van der Waals surface area contributed by atoms with Crippen LogP contribution in [-0.4, -0.2) is 19.1 Å². The average Bonchev–Trinajstić information content (AvgIpc) is 2.29. The van der Waals surface area contributed by atoms with E-state index in [2.05, 4.69) is 42.8 Å². The topological polar surface area (TPSA) is 52.3 Å². The van der Waals surface area contributed by atoms with Gasteiger partial charge in [-0.1, -0.05) is 38.1 Å². The molecule has 1 rings (SSSR count). The Morgan fingerprint density at radius 2 is 1.88 bits per heavy atom. The number of carbonyl (C=O) groups is 1. The Labute approximate surface area is 103 Å². The van der Waals surface area contributed by atoms with E-state index in [0.29, 0.717) is 12.3 Å². The first-order chi connectivity index (χ1) is 8.02. The van der Waals surface area contributed by atoms with Crippen molar-refractivity contribution in [2.24, 2.45) is 5.73 Å². The maximum Gasteiger partial charge on any atom is 0.307 e. The van der Waals surface area contributed by atoms with Gasteiger partial charge in [0.2, 0.25) is 0 Å². The molecule has 0 aromatic heterocycles. The van der Waals surface area contributed by atoms with Gasteiger partial charge in [0.25, 0.3) is 0 Å². The third kappa shape index (κ3) is 4.57. The Hall–Kier alpha value is -1.35. The van der Waals surface area contributed by atoms with E-state index in [1.165, 1.54) is 12.7 Å². The minimum absolute atomic E-state index is 0.174. The van der Waals surface area contributed by atoms with E-state index < -0.39 is 0 Å². The average molecular weight is 235 g/mol. The quantitative estimate of drug-likeness (QED) is 0.796. The number of hydrogen-bond acceptors (Lipinski definition) is 3. The second kappa shape index (κ2) is 6.40. The lowest BCUT2D eigenvalue weighted by atomic mass is 9.98. The van der Waals surface area contributed by atoms with Crippen LogP contribution in [0.15, 0.2) is 24.3 Å². The standard InChI is InChI=1S/C14H21NO2/c1-10(2)12-6-4-11(5-7-12)8-13(15)9-14(16)17-3/h4-7,10,13H,8-9,15H2,1-3H3. The van der Waals surface area contributed by atoms with Crippen LogP contribution in [0.2, 0.25) is 0 Å². The number of hydrogen-bond donors (Lipinski definition) is 1. The largest absolute Gasteiger partial charge is 0.469 e. The number of nitrogens with two attached hydrogens (primary N) is 1. The zero-order chi connectivity index (χ0) is 12.8. The fourth-order valence-corrected chi connectivity index (χ4v) is 1.71. The molecule has 94 valence electrons. The number of methoxy groups -OCH3 is 1. The molecule has 0 spiro atoms. The Kier molecular flexibility index (Phi) is 5.16. The highest BCUT2D eigenvalue weighted by Gasteiger charge is 2.10. The van der Waals surface area contributed by atoms with Gasteiger partial charge < -0.3 is 10.5 Å². The molecule has 17 heavy (non-hydrogen) atoms. The second-order valence-corrected chi connectivity index (χ2v) is 4.64. The highest BCUT2D eigenvalue weighted by Crippen LogP contribution is 2.15. The summed E-state index contributed by atoms with van der Waals surface area (Å²) < 4.78 is 4.59. The lowest BCUT2D eigenvalue weighted by molar-refractivity contribution is -0.140. The normalized spacial score (nSPS) is 12.5. The van der Waals surface area contributed by atoms with Gasteiger partial charge in [0.05, 0.1) is 13.5 Å². The minimum Gasteiger partial charge on any atom is -0.469 e. The van der Waals surface area contributed by atoms with Gasteiger partial charge in [-0.2, -0.15) is 0 Å². The molecule has 3 heteroatoms. The number of rotatable bonds is 5. The third-order valence-corrected chi connectivity index (χ3v) is 2.80. The molecule has 0 saturated heterocycles. The molecule has 0 radical (unpaired) electrons. The summed E-state index contributed by atoms with van der Waals surface area (Å²) in [7, 11) is 1.38. The summed E-state index contributed by atoms with van der Waals surface area (Å²) in [4.78, 5) is 11.1. The van der Waals surface area contributed by atoms with Crippen molar-refractivity contribution in [3.63, 3.8) is 0 Å². The van der Waals surface area contributed by atoms with Crippen LogP contribution < -0.4 is 5.73 Å². The number of carbonyl (C=O) groups excluding carboxylic acids is 1. The lowest BCUT2D eigenvalue weighted by Crippen LogP contribution is -2.26. The molecule has 0 saturated carbocycles. The van der Waals surface area contributed by atoms with Crippen LogP contribution >= 0.6 is 0 Å². The molecule has 1 atom stereocenters. The van der Waals surface area contributed by atoms with E-state index in [0.717, 1.165) is 5.56 Å². The molecule has 2 N–H and O–H groups in total. The van der Waals surface area contributed by atoms with Crippen LogP contribution in [0.1, 0.15) is 37.3 Å². The Bertz CT molecular complexity index is 357. The van der Waals surface area contributed by atoms with Crippen LogP contribution in [-0.2, 0) is 16.0 Å². The molecule has 0 amide bonds. The van der Waals surface area contributed by atoms with E-state index in [4.69, 9.17) is 5.73 Å². The van der Waals surface area contributed by atoms with Gasteiger partial charge in [0, 0.05) is 6.04 Å². The molecular weight excluding hydrogens is 214 g/mol. The smallest absolute Gasteiger partial charge is 0.307 e. The van der Waals surface area contributed by atoms with Crippen molar-refractivity contribution in [3.8, 4) is 0 Å². The van der Waals surface area contributed by atoms with Crippen LogP contribution in [0.4, 0.5) is 0 Å². The van der Waals surface area contributed by atoms with Gasteiger partial charge in [0.1, 0.15) is 0 Å². The zero-order valence-electron chi connectivity index (χ0n) is 10.8. The zero-order valence-corrected chi connectivity index (χ0v) is 10.8. The fraction of sp³-hybridized carbons (Fsp3) is 0.500. The maximum atomic E-state index is 11.1. The van der Waals surface area contributed by atoms with Gasteiger partial charge in [-0.25, -0.2) is 0 Å². The summed E-state index contributed by atoms with van der Waals surface area (Å²) in [6.45, 7) is 4.33. The summed E-state index contributed by atoms with van der Waals surface area (Å²) in [6, 6.07) is 8.21. The highest BCUT2D eigenvalue weighted by atomic mass is 16.5. The van der Waals surface area contributed by atoms with Crippen molar-refractivity contribution >= 4 is 5.97 Å². The number of benzene rings is 1. The maximum absolute atomic E-state index is 11.1. The predicted molar refractivity (Wildman–Crippen MR) is 68.8 cm³/mol. The van der Waals surface area contributed by atoms with Gasteiger partial charge in [0.15, 0.2) is 0 Å². The van der Waals surface area contributed by atoms with E-state index >= 15 is 0 Å². The molecule has 0 aliphatic carbocycles. The fourth-order valence-electron chi connectivity index (χ4n) is 1.71. The van der Waals surface area contributed by atoms with Crippen LogP contribution in [0.3, 0.4) is 0 Å². The molecule has 0 aliphatic heterocycles. The molecular formula is C14H21NO2. The van der Waals surface area contributed by atoms with Gasteiger partial charge >= 0.3 is 5.97 Å². The van der Waals surface area contributed by atoms with E-state index in [-0.39, 0.29) is 18.4 Å². The Morgan fingerprint density at radius 3 is 2.35 bits per heavy atom. The van der Waals surface area contributed by atoms with Crippen molar-refractivity contribution in [3.05, 3.63) is 35.4 Å². The monoisotopic (exact) mass is 235 g/mol. The third-order valence-electron chi connectivity index (χ3n) is 2.80. The lowest BCUT2D eigenvalue weighted by Gasteiger charge is -2.11. The van der Waals surface area contributed by atoms with E-state index in [1.54, 1.807) is 0 Å². The van der Waals surface area contributed by atoms with Crippen molar-refractivity contribution in [2.45, 2.75) is 38.6 Å². The summed E-state index contributed by atoms with van der Waals surface area (Å²) in [6.07, 6.45) is 0.968. The molecule has 3 nitrogen and oxygen atoms in total. The molecule has 1 aromatic rings. The van der Waals surface area contributed by atoms with E-state index in [1.807, 2.05) is 0 Å². The summed E-state index contributed by atoms with van der Waals surface area (Å²) in [5.41, 5.74) is 8.35. The SMILES string of the molecule is COC(=O)CC(N)Cc1ccc(C(C)C)cc1. The first-order valence-corrected chi connectivity index (χ1v) is 5.94. The van der Waals surface area contributed by atoms with Crippen molar-refractivity contribution < 1.29 is 9.53 Å². The molecule has 0 fully saturated rings. The Balaban J connectivity index is 2.54. The first-order valence-electron chi connectivity index (χ1n) is 5.94. The molecule has 1 unspecified atom stereocenters. The van der Waals surface area contributed by atoms with Crippen molar-refractivity contribution in [2.75, 3.05) is 7.11 Å². The molecule has 0 heterocycles. The molecule has 0 bridgehead atoms. The summed E-state index contributed by atoms with van der Waals surface area (Å²) in [5, 5.41) is 0. The highest BCUT2D eigenvalue weighted by molar-refractivity contribution is 5.69. The van der Waals surface area contributed by atoms with Crippen LogP contribution in [0.5, 0.6) is 0 Å².